The maximum Gasteiger partial charge on any atom is 0.0612 e. The first-order chi connectivity index (χ1) is 8.49. The maximum absolute atomic E-state index is 6.11. The van der Waals surface area contributed by atoms with Crippen LogP contribution in [-0.2, 0) is 0 Å². The fourth-order valence-corrected chi connectivity index (χ4v) is 2.65. The molecule has 1 saturated heterocycles. The Bertz CT molecular complexity index is 420. The summed E-state index contributed by atoms with van der Waals surface area (Å²) in [7, 11) is 0. The smallest absolute Gasteiger partial charge is 0.0612 e. The van der Waals surface area contributed by atoms with Crippen LogP contribution in [0.15, 0.2) is 18.2 Å². The van der Waals surface area contributed by atoms with Gasteiger partial charge in [-0.1, -0.05) is 37.0 Å². The highest BCUT2D eigenvalue weighted by Gasteiger charge is 2.27. The second-order valence-electron chi connectivity index (χ2n) is 5.36. The van der Waals surface area contributed by atoms with Crippen molar-refractivity contribution in [3.63, 3.8) is 0 Å². The van der Waals surface area contributed by atoms with Crippen molar-refractivity contribution in [1.82, 2.24) is 5.32 Å². The molecule has 1 N–H and O–H groups in total. The minimum absolute atomic E-state index is 0.470. The Morgan fingerprint density at radius 1 is 1.28 bits per heavy atom. The van der Waals surface area contributed by atoms with E-state index in [0.29, 0.717) is 28.0 Å². The number of halogens is 2. The van der Waals surface area contributed by atoms with Gasteiger partial charge in [0.1, 0.15) is 0 Å². The SMILES string of the molecule is CC(C)C1CN(c2ccc(Cl)c(Cl)c2)C(C)CN1. The molecule has 1 aliphatic rings. The van der Waals surface area contributed by atoms with E-state index < -0.39 is 0 Å². The lowest BCUT2D eigenvalue weighted by molar-refractivity contribution is 0.337. The predicted molar refractivity (Wildman–Crippen MR) is 79.9 cm³/mol. The van der Waals surface area contributed by atoms with Crippen LogP contribution in [0.4, 0.5) is 5.69 Å². The zero-order valence-electron chi connectivity index (χ0n) is 11.1. The average Bonchev–Trinajstić information content (AvgIpc) is 2.33. The summed E-state index contributed by atoms with van der Waals surface area (Å²) >= 11 is 12.1. The lowest BCUT2D eigenvalue weighted by Gasteiger charge is -2.42. The Hall–Kier alpha value is -0.440. The van der Waals surface area contributed by atoms with Crippen molar-refractivity contribution in [2.24, 2.45) is 5.92 Å². The van der Waals surface area contributed by atoms with Gasteiger partial charge in [-0.15, -0.1) is 0 Å². The number of nitrogens with zero attached hydrogens (tertiary/aromatic N) is 1. The number of piperazine rings is 1. The molecule has 2 nitrogen and oxygen atoms in total. The lowest BCUT2D eigenvalue weighted by atomic mass is 9.99. The summed E-state index contributed by atoms with van der Waals surface area (Å²) in [6, 6.07) is 6.88. The number of anilines is 1. The fraction of sp³-hybridized carbons (Fsp3) is 0.571. The highest BCUT2D eigenvalue weighted by Crippen LogP contribution is 2.29. The molecule has 2 rings (SSSR count). The molecule has 0 spiro atoms. The molecule has 2 unspecified atom stereocenters. The van der Waals surface area contributed by atoms with Gasteiger partial charge in [0, 0.05) is 30.9 Å². The van der Waals surface area contributed by atoms with Crippen LogP contribution in [0.2, 0.25) is 10.0 Å². The van der Waals surface area contributed by atoms with E-state index in [1.165, 1.54) is 0 Å². The summed E-state index contributed by atoms with van der Waals surface area (Å²) in [4.78, 5) is 2.41. The van der Waals surface area contributed by atoms with Crippen molar-refractivity contribution in [2.45, 2.75) is 32.9 Å². The molecule has 0 saturated carbocycles. The van der Waals surface area contributed by atoms with E-state index in [4.69, 9.17) is 23.2 Å². The molecule has 1 aromatic carbocycles. The van der Waals surface area contributed by atoms with Gasteiger partial charge >= 0.3 is 0 Å². The van der Waals surface area contributed by atoms with Gasteiger partial charge in [-0.05, 0) is 31.0 Å². The molecule has 1 heterocycles. The highest BCUT2D eigenvalue weighted by atomic mass is 35.5. The second-order valence-corrected chi connectivity index (χ2v) is 6.17. The second kappa shape index (κ2) is 5.68. The molecule has 1 aromatic rings. The van der Waals surface area contributed by atoms with Crippen molar-refractivity contribution in [2.75, 3.05) is 18.0 Å². The Kier molecular flexibility index (Phi) is 4.41. The molecule has 4 heteroatoms. The lowest BCUT2D eigenvalue weighted by Crippen LogP contribution is -2.57. The van der Waals surface area contributed by atoms with Gasteiger partial charge in [0.05, 0.1) is 10.0 Å². The summed E-state index contributed by atoms with van der Waals surface area (Å²) in [6.07, 6.45) is 0. The molecule has 2 atom stereocenters. The molecule has 0 aromatic heterocycles. The quantitative estimate of drug-likeness (QED) is 0.889. The summed E-state index contributed by atoms with van der Waals surface area (Å²) < 4.78 is 0. The van der Waals surface area contributed by atoms with Gasteiger partial charge in [-0.2, -0.15) is 0 Å². The molecular formula is C14H20Cl2N2. The average molecular weight is 287 g/mol. The Morgan fingerprint density at radius 2 is 2.00 bits per heavy atom. The van der Waals surface area contributed by atoms with E-state index in [1.54, 1.807) is 0 Å². The van der Waals surface area contributed by atoms with Crippen molar-refractivity contribution >= 4 is 28.9 Å². The first kappa shape index (κ1) is 14.0. The molecule has 1 aliphatic heterocycles. The van der Waals surface area contributed by atoms with Crippen LogP contribution in [0.1, 0.15) is 20.8 Å². The van der Waals surface area contributed by atoms with Gasteiger partial charge in [0.25, 0.3) is 0 Å². The van der Waals surface area contributed by atoms with Crippen molar-refractivity contribution < 1.29 is 0 Å². The van der Waals surface area contributed by atoms with Gasteiger partial charge < -0.3 is 10.2 Å². The first-order valence-corrected chi connectivity index (χ1v) is 7.19. The van der Waals surface area contributed by atoms with Gasteiger partial charge in [-0.25, -0.2) is 0 Å². The summed E-state index contributed by atoms with van der Waals surface area (Å²) in [5, 5.41) is 4.83. The van der Waals surface area contributed by atoms with Crippen LogP contribution in [0.5, 0.6) is 0 Å². The van der Waals surface area contributed by atoms with Crippen LogP contribution in [-0.4, -0.2) is 25.2 Å². The van der Waals surface area contributed by atoms with E-state index in [0.717, 1.165) is 18.8 Å². The number of benzene rings is 1. The fourth-order valence-electron chi connectivity index (χ4n) is 2.36. The Labute approximate surface area is 119 Å². The minimum atomic E-state index is 0.470. The Morgan fingerprint density at radius 3 is 2.61 bits per heavy atom. The molecular weight excluding hydrogens is 267 g/mol. The standard InChI is InChI=1S/C14H20Cl2N2/c1-9(2)14-8-18(10(3)7-17-14)11-4-5-12(15)13(16)6-11/h4-6,9-10,14,17H,7-8H2,1-3H3. The molecule has 1 fully saturated rings. The largest absolute Gasteiger partial charge is 0.366 e. The van der Waals surface area contributed by atoms with Crippen molar-refractivity contribution in [3.05, 3.63) is 28.2 Å². The molecule has 0 radical (unpaired) electrons. The number of rotatable bonds is 2. The van der Waals surface area contributed by atoms with E-state index in [2.05, 4.69) is 31.0 Å². The third kappa shape index (κ3) is 2.93. The van der Waals surface area contributed by atoms with Crippen LogP contribution >= 0.6 is 23.2 Å². The molecule has 100 valence electrons. The number of hydrogen-bond donors (Lipinski definition) is 1. The third-order valence-electron chi connectivity index (χ3n) is 3.64. The third-order valence-corrected chi connectivity index (χ3v) is 4.38. The van der Waals surface area contributed by atoms with Crippen LogP contribution in [0.3, 0.4) is 0 Å². The number of nitrogens with one attached hydrogen (secondary N) is 1. The normalized spacial score (nSPS) is 24.7. The minimum Gasteiger partial charge on any atom is -0.366 e. The van der Waals surface area contributed by atoms with Gasteiger partial charge in [0.15, 0.2) is 0 Å². The van der Waals surface area contributed by atoms with Crippen LogP contribution in [0, 0.1) is 5.92 Å². The molecule has 0 amide bonds. The van der Waals surface area contributed by atoms with Crippen LogP contribution in [0.25, 0.3) is 0 Å². The molecule has 0 bridgehead atoms. The molecule has 0 aliphatic carbocycles. The summed E-state index contributed by atoms with van der Waals surface area (Å²) in [5.41, 5.74) is 1.16. The van der Waals surface area contributed by atoms with E-state index >= 15 is 0 Å². The highest BCUT2D eigenvalue weighted by molar-refractivity contribution is 6.42. The predicted octanol–water partition coefficient (Wildman–Crippen LogP) is 3.82. The van der Waals surface area contributed by atoms with Gasteiger partial charge in [0.2, 0.25) is 0 Å². The number of hydrogen-bond acceptors (Lipinski definition) is 2. The van der Waals surface area contributed by atoms with E-state index in [9.17, 15) is 0 Å². The van der Waals surface area contributed by atoms with Gasteiger partial charge in [-0.3, -0.25) is 0 Å². The van der Waals surface area contributed by atoms with Crippen LogP contribution < -0.4 is 10.2 Å². The first-order valence-electron chi connectivity index (χ1n) is 6.44. The Balaban J connectivity index is 2.21. The zero-order valence-corrected chi connectivity index (χ0v) is 12.6. The van der Waals surface area contributed by atoms with E-state index in [-0.39, 0.29) is 0 Å². The van der Waals surface area contributed by atoms with Crippen molar-refractivity contribution in [1.29, 1.82) is 0 Å². The van der Waals surface area contributed by atoms with E-state index in [1.807, 2.05) is 18.2 Å². The summed E-state index contributed by atoms with van der Waals surface area (Å²) in [5.74, 6) is 0.628. The zero-order chi connectivity index (χ0) is 13.3. The topological polar surface area (TPSA) is 15.3 Å². The molecule has 18 heavy (non-hydrogen) atoms. The maximum atomic E-state index is 6.11. The summed E-state index contributed by atoms with van der Waals surface area (Å²) in [6.45, 7) is 8.74. The monoisotopic (exact) mass is 286 g/mol. The van der Waals surface area contributed by atoms with Crippen molar-refractivity contribution in [3.8, 4) is 0 Å².